The Kier molecular flexibility index (Phi) is 3.75. The summed E-state index contributed by atoms with van der Waals surface area (Å²) in [6, 6.07) is 0. The summed E-state index contributed by atoms with van der Waals surface area (Å²) < 4.78 is 3.59. The number of nitrogens with zero attached hydrogens (tertiary/aromatic N) is 5. The Morgan fingerprint density at radius 2 is 2.29 bits per heavy atom. The van der Waals surface area contributed by atoms with Crippen molar-refractivity contribution in [2.45, 2.75) is 20.0 Å². The Bertz CT molecular complexity index is 475. The minimum Gasteiger partial charge on any atom is -0.309 e. The molecule has 2 aromatic rings. The molecule has 0 saturated heterocycles. The van der Waals surface area contributed by atoms with Crippen LogP contribution in [0.2, 0.25) is 5.02 Å². The zero-order chi connectivity index (χ0) is 12.3. The molecule has 2 aromatic heterocycles. The zero-order valence-electron chi connectivity index (χ0n) is 9.89. The summed E-state index contributed by atoms with van der Waals surface area (Å²) in [5.74, 6) is 0. The molecule has 0 fully saturated rings. The van der Waals surface area contributed by atoms with Crippen molar-refractivity contribution >= 4 is 11.6 Å². The standard InChI is InChI=1S/C10H15ClN6/c1-8-10(11)9(16(2)14-8)7-12-3-5-17-6-4-13-15-17/h4,6,12H,3,5,7H2,1-2H3. The molecule has 0 atom stereocenters. The molecule has 7 heteroatoms. The number of rotatable bonds is 5. The maximum Gasteiger partial charge on any atom is 0.0860 e. The number of hydrogen-bond donors (Lipinski definition) is 1. The van der Waals surface area contributed by atoms with E-state index >= 15 is 0 Å². The molecule has 0 unspecified atom stereocenters. The van der Waals surface area contributed by atoms with Crippen molar-refractivity contribution in [2.24, 2.45) is 7.05 Å². The average Bonchev–Trinajstić information content (AvgIpc) is 2.87. The van der Waals surface area contributed by atoms with Gasteiger partial charge in [-0.25, -0.2) is 0 Å². The average molecular weight is 255 g/mol. The van der Waals surface area contributed by atoms with Gasteiger partial charge in [0.05, 0.1) is 29.2 Å². The van der Waals surface area contributed by atoms with E-state index in [1.165, 1.54) is 0 Å². The second kappa shape index (κ2) is 5.29. The summed E-state index contributed by atoms with van der Waals surface area (Å²) >= 11 is 6.14. The Balaban J connectivity index is 1.82. The Morgan fingerprint density at radius 1 is 1.47 bits per heavy atom. The summed E-state index contributed by atoms with van der Waals surface area (Å²) in [7, 11) is 1.90. The maximum absolute atomic E-state index is 6.14. The van der Waals surface area contributed by atoms with Crippen LogP contribution in [0.25, 0.3) is 0 Å². The fraction of sp³-hybridized carbons (Fsp3) is 0.500. The highest BCUT2D eigenvalue weighted by Crippen LogP contribution is 2.18. The molecule has 2 rings (SSSR count). The molecule has 6 nitrogen and oxygen atoms in total. The van der Waals surface area contributed by atoms with Crippen molar-refractivity contribution in [3.05, 3.63) is 28.8 Å². The van der Waals surface area contributed by atoms with Crippen molar-refractivity contribution in [1.82, 2.24) is 30.1 Å². The van der Waals surface area contributed by atoms with Crippen molar-refractivity contribution in [2.75, 3.05) is 6.54 Å². The van der Waals surface area contributed by atoms with Crippen LogP contribution in [0.5, 0.6) is 0 Å². The monoisotopic (exact) mass is 254 g/mol. The molecule has 17 heavy (non-hydrogen) atoms. The van der Waals surface area contributed by atoms with E-state index in [2.05, 4.69) is 20.7 Å². The predicted molar refractivity (Wildman–Crippen MR) is 64.7 cm³/mol. The van der Waals surface area contributed by atoms with Gasteiger partial charge in [-0.15, -0.1) is 5.10 Å². The van der Waals surface area contributed by atoms with Crippen LogP contribution < -0.4 is 5.32 Å². The predicted octanol–water partition coefficient (Wildman–Crippen LogP) is 0.763. The van der Waals surface area contributed by atoms with Gasteiger partial charge in [-0.1, -0.05) is 16.8 Å². The third kappa shape index (κ3) is 2.83. The van der Waals surface area contributed by atoms with Crippen LogP contribution in [0, 0.1) is 6.92 Å². The number of nitrogens with one attached hydrogen (secondary N) is 1. The van der Waals surface area contributed by atoms with Gasteiger partial charge in [-0.05, 0) is 6.92 Å². The van der Waals surface area contributed by atoms with Gasteiger partial charge in [0, 0.05) is 26.3 Å². The van der Waals surface area contributed by atoms with E-state index < -0.39 is 0 Å². The molecule has 0 aliphatic rings. The molecule has 0 bridgehead atoms. The topological polar surface area (TPSA) is 60.6 Å². The molecule has 0 spiro atoms. The summed E-state index contributed by atoms with van der Waals surface area (Å²) in [5, 5.41) is 15.9. The van der Waals surface area contributed by atoms with Gasteiger partial charge in [0.2, 0.25) is 0 Å². The second-order valence-corrected chi connectivity index (χ2v) is 4.19. The summed E-state index contributed by atoms with van der Waals surface area (Å²) in [5.41, 5.74) is 1.87. The molecule has 0 radical (unpaired) electrons. The minimum absolute atomic E-state index is 0.699. The number of halogens is 1. The van der Waals surface area contributed by atoms with Crippen LogP contribution >= 0.6 is 11.6 Å². The zero-order valence-corrected chi connectivity index (χ0v) is 10.6. The molecule has 0 aromatic carbocycles. The van der Waals surface area contributed by atoms with Crippen LogP contribution in [0.1, 0.15) is 11.4 Å². The fourth-order valence-corrected chi connectivity index (χ4v) is 1.85. The van der Waals surface area contributed by atoms with Crippen LogP contribution in [-0.2, 0) is 20.1 Å². The number of hydrogen-bond acceptors (Lipinski definition) is 4. The highest BCUT2D eigenvalue weighted by atomic mass is 35.5. The van der Waals surface area contributed by atoms with Crippen molar-refractivity contribution in [1.29, 1.82) is 0 Å². The fourth-order valence-electron chi connectivity index (χ4n) is 1.62. The van der Waals surface area contributed by atoms with E-state index in [1.807, 2.05) is 20.2 Å². The van der Waals surface area contributed by atoms with E-state index in [0.29, 0.717) is 6.54 Å². The highest BCUT2D eigenvalue weighted by Gasteiger charge is 2.09. The third-order valence-electron chi connectivity index (χ3n) is 2.54. The van der Waals surface area contributed by atoms with Gasteiger partial charge in [-0.2, -0.15) is 5.10 Å². The van der Waals surface area contributed by atoms with Gasteiger partial charge in [0.15, 0.2) is 0 Å². The molecule has 0 aliphatic heterocycles. The van der Waals surface area contributed by atoms with Crippen LogP contribution in [0.3, 0.4) is 0 Å². The highest BCUT2D eigenvalue weighted by molar-refractivity contribution is 6.31. The maximum atomic E-state index is 6.14. The molecule has 0 aliphatic carbocycles. The Labute approximate surface area is 105 Å². The second-order valence-electron chi connectivity index (χ2n) is 3.81. The molecule has 92 valence electrons. The lowest BCUT2D eigenvalue weighted by Gasteiger charge is -2.05. The Morgan fingerprint density at radius 3 is 2.88 bits per heavy atom. The first-order valence-corrected chi connectivity index (χ1v) is 5.79. The van der Waals surface area contributed by atoms with Gasteiger partial charge in [0.1, 0.15) is 0 Å². The van der Waals surface area contributed by atoms with Gasteiger partial charge in [-0.3, -0.25) is 9.36 Å². The van der Waals surface area contributed by atoms with Gasteiger partial charge < -0.3 is 5.32 Å². The molecule has 0 saturated carbocycles. The minimum atomic E-state index is 0.699. The number of aryl methyl sites for hydroxylation is 2. The number of aromatic nitrogens is 5. The van der Waals surface area contributed by atoms with E-state index in [9.17, 15) is 0 Å². The summed E-state index contributed by atoms with van der Waals surface area (Å²) in [6.45, 7) is 4.20. The van der Waals surface area contributed by atoms with E-state index in [4.69, 9.17) is 11.6 Å². The smallest absolute Gasteiger partial charge is 0.0860 e. The lowest BCUT2D eigenvalue weighted by atomic mass is 10.3. The first-order chi connectivity index (χ1) is 8.18. The summed E-state index contributed by atoms with van der Waals surface area (Å²) in [6.07, 6.45) is 3.50. The van der Waals surface area contributed by atoms with Crippen molar-refractivity contribution < 1.29 is 0 Å². The van der Waals surface area contributed by atoms with E-state index in [0.717, 1.165) is 29.5 Å². The molecular weight excluding hydrogens is 240 g/mol. The summed E-state index contributed by atoms with van der Waals surface area (Å²) in [4.78, 5) is 0. The van der Waals surface area contributed by atoms with Crippen LogP contribution in [0.4, 0.5) is 0 Å². The van der Waals surface area contributed by atoms with Gasteiger partial charge in [0.25, 0.3) is 0 Å². The van der Waals surface area contributed by atoms with Gasteiger partial charge >= 0.3 is 0 Å². The van der Waals surface area contributed by atoms with Crippen molar-refractivity contribution in [3.63, 3.8) is 0 Å². The molecule has 1 N–H and O–H groups in total. The SMILES string of the molecule is Cc1nn(C)c(CNCCn2ccnn2)c1Cl. The van der Waals surface area contributed by atoms with Crippen LogP contribution in [0.15, 0.2) is 12.4 Å². The molecule has 0 amide bonds. The molecular formula is C10H15ClN6. The van der Waals surface area contributed by atoms with Crippen molar-refractivity contribution in [3.8, 4) is 0 Å². The largest absolute Gasteiger partial charge is 0.309 e. The van der Waals surface area contributed by atoms with E-state index in [1.54, 1.807) is 15.6 Å². The molecule has 2 heterocycles. The Hall–Kier alpha value is -1.40. The normalized spacial score (nSPS) is 11.0. The quantitative estimate of drug-likeness (QED) is 0.801. The first kappa shape index (κ1) is 12.1. The first-order valence-electron chi connectivity index (χ1n) is 5.41. The lowest BCUT2D eigenvalue weighted by molar-refractivity contribution is 0.530. The van der Waals surface area contributed by atoms with Crippen LogP contribution in [-0.4, -0.2) is 31.3 Å². The lowest BCUT2D eigenvalue weighted by Crippen LogP contribution is -2.21. The van der Waals surface area contributed by atoms with E-state index in [-0.39, 0.29) is 0 Å². The third-order valence-corrected chi connectivity index (χ3v) is 3.04.